The molecule has 0 unspecified atom stereocenters. The number of unbranched alkanes of at least 4 members (excludes halogenated alkanes) is 3. The summed E-state index contributed by atoms with van der Waals surface area (Å²) >= 11 is 3.89. The predicted octanol–water partition coefficient (Wildman–Crippen LogP) is 7.54. The third-order valence-electron chi connectivity index (χ3n) is 7.59. The van der Waals surface area contributed by atoms with Crippen LogP contribution in [0.25, 0.3) is 10.9 Å². The SMILES string of the molecule is CCC[CH2][Sn]([CH2]CCC)([CH2]CCC)[c]1c(Cl)cc2c(N3CCN(C(=O)OC(C)(C)C)CC3)ncnc2c1F. The van der Waals surface area contributed by atoms with Crippen molar-refractivity contribution in [3.05, 3.63) is 23.2 Å². The number of hydrogen-bond acceptors (Lipinski definition) is 5. The molecule has 3 rings (SSSR count). The van der Waals surface area contributed by atoms with E-state index < -0.39 is 24.0 Å². The number of halogens is 2. The molecule has 212 valence electrons. The summed E-state index contributed by atoms with van der Waals surface area (Å²) < 4.78 is 26.4. The molecular weight excluding hydrogens is 610 g/mol. The molecule has 1 aromatic carbocycles. The van der Waals surface area contributed by atoms with Crippen molar-refractivity contribution in [3.63, 3.8) is 0 Å². The van der Waals surface area contributed by atoms with Gasteiger partial charge in [-0.05, 0) is 20.8 Å². The van der Waals surface area contributed by atoms with Crippen LogP contribution in [0.3, 0.4) is 0 Å². The van der Waals surface area contributed by atoms with Gasteiger partial charge in [0.1, 0.15) is 0 Å². The molecule has 1 fully saturated rings. The summed E-state index contributed by atoms with van der Waals surface area (Å²) in [6.07, 6.45) is 7.91. The molecule has 1 amide bonds. The Morgan fingerprint density at radius 2 is 1.55 bits per heavy atom. The van der Waals surface area contributed by atoms with Crippen molar-refractivity contribution in [3.8, 4) is 0 Å². The van der Waals surface area contributed by atoms with E-state index in [2.05, 4.69) is 35.6 Å². The van der Waals surface area contributed by atoms with Crippen LogP contribution in [0.5, 0.6) is 0 Å². The second-order valence-electron chi connectivity index (χ2n) is 11.7. The first-order valence-corrected chi connectivity index (χ1v) is 22.3. The van der Waals surface area contributed by atoms with Gasteiger partial charge in [0.2, 0.25) is 0 Å². The molecule has 0 radical (unpaired) electrons. The second-order valence-corrected chi connectivity index (χ2v) is 25.1. The Bertz CT molecular complexity index is 1060. The number of carbonyl (C=O) groups is 1. The van der Waals surface area contributed by atoms with E-state index in [1.807, 2.05) is 26.8 Å². The minimum absolute atomic E-state index is 0.206. The number of carbonyl (C=O) groups excluding carboxylic acids is 1. The Labute approximate surface area is 237 Å². The van der Waals surface area contributed by atoms with E-state index in [9.17, 15) is 4.79 Å². The van der Waals surface area contributed by atoms with E-state index in [1.165, 1.54) is 6.33 Å². The van der Waals surface area contributed by atoms with Crippen molar-refractivity contribution in [2.24, 2.45) is 0 Å². The standard InChI is InChI=1S/C17H19ClFN4O2.3C4H9.Sn/c1-17(2,3)25-16(24)23-6-4-22(5-7-23)15-12-8-11(18)9-13(19)14(12)20-10-21-15;3*1-3-4-2;/h8,10H,4-7H2,1-3H3;3*1,3-4H2,2H3;. The molecule has 1 aliphatic heterocycles. The van der Waals surface area contributed by atoms with Crippen LogP contribution < -0.4 is 8.48 Å². The number of rotatable bonds is 11. The topological polar surface area (TPSA) is 58.6 Å². The van der Waals surface area contributed by atoms with Crippen LogP contribution in [0.15, 0.2) is 12.4 Å². The van der Waals surface area contributed by atoms with Crippen molar-refractivity contribution in [1.29, 1.82) is 0 Å². The first-order chi connectivity index (χ1) is 18.1. The van der Waals surface area contributed by atoms with Gasteiger partial charge >= 0.3 is 218 Å². The Morgan fingerprint density at radius 1 is 1.00 bits per heavy atom. The summed E-state index contributed by atoms with van der Waals surface area (Å²) in [6.45, 7) is 14.5. The Kier molecular flexibility index (Phi) is 11.3. The van der Waals surface area contributed by atoms with Crippen molar-refractivity contribution < 1.29 is 13.9 Å². The van der Waals surface area contributed by atoms with Crippen LogP contribution in [0.2, 0.25) is 18.3 Å². The molecule has 0 aliphatic carbocycles. The van der Waals surface area contributed by atoms with Crippen LogP contribution >= 0.6 is 11.6 Å². The fourth-order valence-corrected chi connectivity index (χ4v) is 23.5. The summed E-state index contributed by atoms with van der Waals surface area (Å²) in [6, 6.07) is 1.93. The van der Waals surface area contributed by atoms with E-state index in [-0.39, 0.29) is 11.9 Å². The van der Waals surface area contributed by atoms with E-state index in [4.69, 9.17) is 16.3 Å². The van der Waals surface area contributed by atoms with Crippen LogP contribution in [-0.2, 0) is 4.74 Å². The van der Waals surface area contributed by atoms with Gasteiger partial charge < -0.3 is 0 Å². The van der Waals surface area contributed by atoms with Gasteiger partial charge in [-0.25, -0.2) is 0 Å². The second kappa shape index (κ2) is 13.8. The average Bonchev–Trinajstić information content (AvgIpc) is 2.88. The molecule has 0 atom stereocenters. The van der Waals surface area contributed by atoms with Crippen LogP contribution in [0.4, 0.5) is 15.0 Å². The molecule has 2 aromatic rings. The fourth-order valence-electron chi connectivity index (χ4n) is 5.58. The number of hydrogen-bond donors (Lipinski definition) is 0. The van der Waals surface area contributed by atoms with Gasteiger partial charge in [-0.2, -0.15) is 0 Å². The van der Waals surface area contributed by atoms with Crippen molar-refractivity contribution in [2.45, 2.75) is 99.0 Å². The van der Waals surface area contributed by atoms with E-state index in [1.54, 1.807) is 4.90 Å². The van der Waals surface area contributed by atoms with Gasteiger partial charge in [-0.15, -0.1) is 0 Å². The molecule has 1 saturated heterocycles. The maximum atomic E-state index is 16.6. The Hall–Kier alpha value is -1.35. The maximum absolute atomic E-state index is 16.6. The van der Waals surface area contributed by atoms with Gasteiger partial charge in [0.05, 0.1) is 0 Å². The van der Waals surface area contributed by atoms with Gasteiger partial charge in [0, 0.05) is 0 Å². The number of ether oxygens (including phenoxy) is 1. The average molecular weight is 656 g/mol. The zero-order chi connectivity index (χ0) is 27.9. The number of fused-ring (bicyclic) bond motifs is 1. The third-order valence-corrected chi connectivity index (χ3v) is 24.0. The molecule has 0 saturated carbocycles. The summed E-state index contributed by atoms with van der Waals surface area (Å²) in [5.74, 6) is 0.477. The summed E-state index contributed by atoms with van der Waals surface area (Å²) in [5, 5.41) is 1.23. The van der Waals surface area contributed by atoms with Crippen LogP contribution in [0.1, 0.15) is 80.1 Å². The molecule has 1 aromatic heterocycles. The molecular formula is C29H46ClFN4O2Sn. The van der Waals surface area contributed by atoms with Gasteiger partial charge in [0.15, 0.2) is 0 Å². The zero-order valence-corrected chi connectivity index (χ0v) is 27.8. The Balaban J connectivity index is 1.98. The quantitative estimate of drug-likeness (QED) is 0.234. The van der Waals surface area contributed by atoms with Gasteiger partial charge in [-0.1, -0.05) is 0 Å². The van der Waals surface area contributed by atoms with E-state index in [0.29, 0.717) is 47.9 Å². The third kappa shape index (κ3) is 7.43. The molecule has 1 aliphatic rings. The normalized spacial score (nSPS) is 14.8. The number of aromatic nitrogens is 2. The fraction of sp³-hybridized carbons (Fsp3) is 0.690. The van der Waals surface area contributed by atoms with Crippen LogP contribution in [0, 0.1) is 5.82 Å². The summed E-state index contributed by atoms with van der Waals surface area (Å²) in [5.41, 5.74) is -0.149. The molecule has 0 N–H and O–H groups in total. The summed E-state index contributed by atoms with van der Waals surface area (Å²) in [4.78, 5) is 25.3. The molecule has 6 nitrogen and oxygen atoms in total. The minimum atomic E-state index is -3.15. The first kappa shape index (κ1) is 31.2. The molecule has 0 spiro atoms. The zero-order valence-electron chi connectivity index (χ0n) is 24.2. The molecule has 9 heteroatoms. The van der Waals surface area contributed by atoms with E-state index >= 15 is 4.39 Å². The number of anilines is 1. The van der Waals surface area contributed by atoms with Gasteiger partial charge in [-0.3, -0.25) is 0 Å². The van der Waals surface area contributed by atoms with Crippen LogP contribution in [-0.4, -0.2) is 71.1 Å². The number of benzene rings is 1. The molecule has 38 heavy (non-hydrogen) atoms. The van der Waals surface area contributed by atoms with Gasteiger partial charge in [0.25, 0.3) is 0 Å². The molecule has 2 heterocycles. The number of amides is 1. The van der Waals surface area contributed by atoms with Crippen molar-refractivity contribution in [2.75, 3.05) is 31.1 Å². The number of piperazine rings is 1. The summed E-state index contributed by atoms with van der Waals surface area (Å²) in [7, 11) is 0. The van der Waals surface area contributed by atoms with Crippen molar-refractivity contribution >= 4 is 56.4 Å². The predicted molar refractivity (Wildman–Crippen MR) is 159 cm³/mol. The Morgan fingerprint density at radius 3 is 2.05 bits per heavy atom. The molecule has 0 bridgehead atoms. The first-order valence-electron chi connectivity index (χ1n) is 14.4. The van der Waals surface area contributed by atoms with E-state index in [0.717, 1.165) is 55.4 Å². The number of nitrogens with zero attached hydrogens (tertiary/aromatic N) is 4. The monoisotopic (exact) mass is 656 g/mol. The van der Waals surface area contributed by atoms with Crippen molar-refractivity contribution in [1.82, 2.24) is 14.9 Å².